The van der Waals surface area contributed by atoms with Crippen LogP contribution in [-0.4, -0.2) is 12.3 Å². The minimum Gasteiger partial charge on any atom is -0.496 e. The molecule has 1 heterocycles. The summed E-state index contributed by atoms with van der Waals surface area (Å²) < 4.78 is 10.2. The highest BCUT2D eigenvalue weighted by Crippen LogP contribution is 2.19. The molecule has 0 radical (unpaired) electrons. The number of ether oxygens (including phenoxy) is 1. The second kappa shape index (κ2) is 4.46. The van der Waals surface area contributed by atoms with Crippen molar-refractivity contribution in [3.8, 4) is 5.75 Å². The third-order valence-electron chi connectivity index (χ3n) is 2.02. The van der Waals surface area contributed by atoms with Crippen molar-refractivity contribution in [3.63, 3.8) is 0 Å². The van der Waals surface area contributed by atoms with Gasteiger partial charge in [-0.3, -0.25) is 0 Å². The van der Waals surface area contributed by atoms with E-state index in [1.165, 1.54) is 0 Å². The van der Waals surface area contributed by atoms with Gasteiger partial charge in [0, 0.05) is 11.6 Å². The van der Waals surface area contributed by atoms with Crippen LogP contribution in [0.1, 0.15) is 11.3 Å². The van der Waals surface area contributed by atoms with Crippen molar-refractivity contribution >= 4 is 12.2 Å². The van der Waals surface area contributed by atoms with Gasteiger partial charge in [0.2, 0.25) is 0 Å². The van der Waals surface area contributed by atoms with Crippen LogP contribution in [0.15, 0.2) is 41.1 Å². The molecule has 1 aromatic carbocycles. The van der Waals surface area contributed by atoms with E-state index in [9.17, 15) is 0 Å². The van der Waals surface area contributed by atoms with Gasteiger partial charge in [-0.1, -0.05) is 23.4 Å². The van der Waals surface area contributed by atoms with Crippen molar-refractivity contribution in [2.45, 2.75) is 0 Å². The van der Waals surface area contributed by atoms with E-state index in [0.717, 1.165) is 17.1 Å². The second-order valence-corrected chi connectivity index (χ2v) is 2.99. The van der Waals surface area contributed by atoms with E-state index in [4.69, 9.17) is 9.26 Å². The SMILES string of the molecule is COc1ccccc1/C=C/c1ccno1. The molecule has 0 aliphatic heterocycles. The highest BCUT2D eigenvalue weighted by atomic mass is 16.5. The summed E-state index contributed by atoms with van der Waals surface area (Å²) >= 11 is 0. The van der Waals surface area contributed by atoms with Crippen LogP contribution in [0.25, 0.3) is 12.2 Å². The van der Waals surface area contributed by atoms with Crippen LogP contribution in [0, 0.1) is 0 Å². The smallest absolute Gasteiger partial charge is 0.159 e. The third kappa shape index (κ3) is 2.26. The molecule has 1 aromatic heterocycles. The summed E-state index contributed by atoms with van der Waals surface area (Å²) in [5.41, 5.74) is 1.01. The minimum atomic E-state index is 0.723. The Morgan fingerprint density at radius 1 is 1.20 bits per heavy atom. The van der Waals surface area contributed by atoms with Crippen molar-refractivity contribution < 1.29 is 9.26 Å². The van der Waals surface area contributed by atoms with Crippen molar-refractivity contribution in [1.29, 1.82) is 0 Å². The molecule has 0 saturated carbocycles. The fraction of sp³-hybridized carbons (Fsp3) is 0.0833. The molecule has 0 N–H and O–H groups in total. The van der Waals surface area contributed by atoms with Gasteiger partial charge < -0.3 is 9.26 Å². The molecule has 0 bridgehead atoms. The number of hydrogen-bond donors (Lipinski definition) is 0. The average Bonchev–Trinajstić information content (AvgIpc) is 2.79. The Kier molecular flexibility index (Phi) is 2.83. The first-order valence-corrected chi connectivity index (χ1v) is 4.62. The van der Waals surface area contributed by atoms with Crippen molar-refractivity contribution in [2.75, 3.05) is 7.11 Å². The van der Waals surface area contributed by atoms with Crippen LogP contribution in [0.3, 0.4) is 0 Å². The summed E-state index contributed by atoms with van der Waals surface area (Å²) in [4.78, 5) is 0. The van der Waals surface area contributed by atoms with E-state index in [1.54, 1.807) is 19.4 Å². The normalized spacial score (nSPS) is 10.7. The molecule has 0 atom stereocenters. The lowest BCUT2D eigenvalue weighted by atomic mass is 10.2. The summed E-state index contributed by atoms with van der Waals surface area (Å²) in [5.74, 6) is 1.56. The first-order chi connectivity index (χ1) is 7.40. The van der Waals surface area contributed by atoms with Gasteiger partial charge in [-0.15, -0.1) is 0 Å². The monoisotopic (exact) mass is 201 g/mol. The maximum absolute atomic E-state index is 5.22. The number of rotatable bonds is 3. The van der Waals surface area contributed by atoms with Crippen LogP contribution in [0.5, 0.6) is 5.75 Å². The second-order valence-electron chi connectivity index (χ2n) is 2.99. The minimum absolute atomic E-state index is 0.723. The lowest BCUT2D eigenvalue weighted by Gasteiger charge is -2.02. The Balaban J connectivity index is 2.24. The van der Waals surface area contributed by atoms with Crippen LogP contribution >= 0.6 is 0 Å². The van der Waals surface area contributed by atoms with E-state index < -0.39 is 0 Å². The van der Waals surface area contributed by atoms with Gasteiger partial charge in [-0.2, -0.15) is 0 Å². The Morgan fingerprint density at radius 2 is 2.07 bits per heavy atom. The Hall–Kier alpha value is -2.03. The van der Waals surface area contributed by atoms with Crippen molar-refractivity contribution in [3.05, 3.63) is 47.9 Å². The maximum Gasteiger partial charge on any atom is 0.159 e. The van der Waals surface area contributed by atoms with Crippen LogP contribution in [0.4, 0.5) is 0 Å². The summed E-state index contributed by atoms with van der Waals surface area (Å²) in [5, 5.41) is 3.62. The van der Waals surface area contributed by atoms with E-state index in [0.29, 0.717) is 0 Å². The topological polar surface area (TPSA) is 35.3 Å². The summed E-state index contributed by atoms with van der Waals surface area (Å²) in [6.45, 7) is 0. The average molecular weight is 201 g/mol. The number of aromatic nitrogens is 1. The molecule has 0 spiro atoms. The molecule has 0 saturated heterocycles. The van der Waals surface area contributed by atoms with Gasteiger partial charge in [-0.05, 0) is 18.2 Å². The maximum atomic E-state index is 5.22. The summed E-state index contributed by atoms with van der Waals surface area (Å²) in [7, 11) is 1.65. The highest BCUT2D eigenvalue weighted by Gasteiger charge is 1.97. The summed E-state index contributed by atoms with van der Waals surface area (Å²) in [6, 6.07) is 9.59. The van der Waals surface area contributed by atoms with Crippen LogP contribution in [-0.2, 0) is 0 Å². The fourth-order valence-corrected chi connectivity index (χ4v) is 1.29. The molecule has 2 aromatic rings. The zero-order valence-electron chi connectivity index (χ0n) is 8.38. The Morgan fingerprint density at radius 3 is 2.80 bits per heavy atom. The fourth-order valence-electron chi connectivity index (χ4n) is 1.29. The molecule has 15 heavy (non-hydrogen) atoms. The lowest BCUT2D eigenvalue weighted by Crippen LogP contribution is -1.85. The van der Waals surface area contributed by atoms with E-state index in [1.807, 2.05) is 36.4 Å². The molecular weight excluding hydrogens is 190 g/mol. The molecular formula is C12H11NO2. The molecule has 2 rings (SSSR count). The van der Waals surface area contributed by atoms with Gasteiger partial charge in [0.1, 0.15) is 5.75 Å². The molecule has 0 fully saturated rings. The number of hydrogen-bond acceptors (Lipinski definition) is 3. The molecule has 3 nitrogen and oxygen atoms in total. The molecule has 0 amide bonds. The van der Waals surface area contributed by atoms with Gasteiger partial charge in [-0.25, -0.2) is 0 Å². The standard InChI is InChI=1S/C12H11NO2/c1-14-12-5-3-2-4-10(12)6-7-11-8-9-13-15-11/h2-9H,1H3/b7-6+. The zero-order chi connectivity index (χ0) is 10.5. The van der Waals surface area contributed by atoms with E-state index in [-0.39, 0.29) is 0 Å². The molecule has 0 aliphatic carbocycles. The first kappa shape index (κ1) is 9.52. The molecule has 0 aliphatic rings. The largest absolute Gasteiger partial charge is 0.496 e. The van der Waals surface area contributed by atoms with E-state index >= 15 is 0 Å². The summed E-state index contributed by atoms with van der Waals surface area (Å²) in [6.07, 6.45) is 5.39. The van der Waals surface area contributed by atoms with Gasteiger partial charge in [0.15, 0.2) is 5.76 Å². The van der Waals surface area contributed by atoms with Crippen molar-refractivity contribution in [2.24, 2.45) is 0 Å². The first-order valence-electron chi connectivity index (χ1n) is 4.62. The number of para-hydroxylation sites is 1. The van der Waals surface area contributed by atoms with Crippen LogP contribution in [0.2, 0.25) is 0 Å². The molecule has 3 heteroatoms. The van der Waals surface area contributed by atoms with Crippen LogP contribution < -0.4 is 4.74 Å². The third-order valence-corrected chi connectivity index (χ3v) is 2.02. The van der Waals surface area contributed by atoms with Gasteiger partial charge >= 0.3 is 0 Å². The quantitative estimate of drug-likeness (QED) is 0.765. The number of benzene rings is 1. The zero-order valence-corrected chi connectivity index (χ0v) is 8.38. The number of nitrogens with zero attached hydrogens (tertiary/aromatic N) is 1. The molecule has 0 unspecified atom stereocenters. The lowest BCUT2D eigenvalue weighted by molar-refractivity contribution is 0.412. The Bertz CT molecular complexity index is 446. The van der Waals surface area contributed by atoms with Gasteiger partial charge in [0.25, 0.3) is 0 Å². The van der Waals surface area contributed by atoms with E-state index in [2.05, 4.69) is 5.16 Å². The van der Waals surface area contributed by atoms with Gasteiger partial charge in [0.05, 0.1) is 13.3 Å². The Labute approximate surface area is 88.0 Å². The molecule has 76 valence electrons. The highest BCUT2D eigenvalue weighted by molar-refractivity contribution is 5.70. The predicted octanol–water partition coefficient (Wildman–Crippen LogP) is 2.85. The number of methoxy groups -OCH3 is 1. The predicted molar refractivity (Wildman–Crippen MR) is 58.4 cm³/mol. The van der Waals surface area contributed by atoms with Crippen molar-refractivity contribution in [1.82, 2.24) is 5.16 Å².